The van der Waals surface area contributed by atoms with E-state index in [0.717, 1.165) is 10.6 Å². The molecule has 1 N–H and O–H groups in total. The van der Waals surface area contributed by atoms with Gasteiger partial charge in [0.05, 0.1) is 11.9 Å². The second-order valence-electron chi connectivity index (χ2n) is 5.54. The highest BCUT2D eigenvalue weighted by molar-refractivity contribution is 7.92. The van der Waals surface area contributed by atoms with Crippen LogP contribution < -0.4 is 9.62 Å². The van der Waals surface area contributed by atoms with Gasteiger partial charge in [-0.2, -0.15) is 0 Å². The van der Waals surface area contributed by atoms with Crippen molar-refractivity contribution < 1.29 is 13.2 Å². The molecular formula is C13H19ClN2O3S. The van der Waals surface area contributed by atoms with Crippen molar-refractivity contribution in [2.75, 3.05) is 17.1 Å². The zero-order valence-electron chi connectivity index (χ0n) is 12.0. The van der Waals surface area contributed by atoms with Crippen LogP contribution in [0.25, 0.3) is 0 Å². The summed E-state index contributed by atoms with van der Waals surface area (Å²) in [6, 6.07) is 6.29. The topological polar surface area (TPSA) is 66.5 Å². The Bertz CT molecular complexity index is 577. The van der Waals surface area contributed by atoms with Crippen molar-refractivity contribution in [2.45, 2.75) is 26.3 Å². The standard InChI is InChI=1S/C13H19ClN2O3S/c1-13(2,3)15-12(17)9-16(20(4,18)19)11-7-5-10(14)6-8-11/h5-8H,9H2,1-4H3,(H,15,17). The number of rotatable bonds is 4. The first-order valence-corrected chi connectivity index (χ1v) is 8.26. The Hall–Kier alpha value is -1.27. The molecule has 112 valence electrons. The van der Waals surface area contributed by atoms with Gasteiger partial charge < -0.3 is 5.32 Å². The number of hydrogen-bond acceptors (Lipinski definition) is 3. The van der Waals surface area contributed by atoms with Crippen LogP contribution in [0.15, 0.2) is 24.3 Å². The molecule has 0 radical (unpaired) electrons. The summed E-state index contributed by atoms with van der Waals surface area (Å²) < 4.78 is 24.7. The number of benzene rings is 1. The van der Waals surface area contributed by atoms with E-state index in [2.05, 4.69) is 5.32 Å². The lowest BCUT2D eigenvalue weighted by atomic mass is 10.1. The summed E-state index contributed by atoms with van der Waals surface area (Å²) in [5.41, 5.74) is -0.0128. The van der Waals surface area contributed by atoms with Crippen LogP contribution in [0, 0.1) is 0 Å². The van der Waals surface area contributed by atoms with Gasteiger partial charge in [-0.05, 0) is 45.0 Å². The van der Waals surface area contributed by atoms with Crippen molar-refractivity contribution >= 4 is 33.2 Å². The van der Waals surface area contributed by atoms with E-state index in [0.29, 0.717) is 10.7 Å². The highest BCUT2D eigenvalue weighted by Crippen LogP contribution is 2.20. The van der Waals surface area contributed by atoms with Gasteiger partial charge in [-0.3, -0.25) is 9.10 Å². The quantitative estimate of drug-likeness (QED) is 0.923. The molecule has 0 spiro atoms. The third-order valence-corrected chi connectivity index (χ3v) is 3.71. The minimum Gasteiger partial charge on any atom is -0.350 e. The van der Waals surface area contributed by atoms with Gasteiger partial charge >= 0.3 is 0 Å². The molecule has 0 saturated heterocycles. The highest BCUT2D eigenvalue weighted by atomic mass is 35.5. The van der Waals surface area contributed by atoms with Crippen molar-refractivity contribution in [1.82, 2.24) is 5.32 Å². The summed E-state index contributed by atoms with van der Waals surface area (Å²) in [7, 11) is -3.55. The van der Waals surface area contributed by atoms with Crippen molar-refractivity contribution in [3.05, 3.63) is 29.3 Å². The molecule has 0 aliphatic rings. The number of halogens is 1. The van der Waals surface area contributed by atoms with Gasteiger partial charge in [-0.15, -0.1) is 0 Å². The molecule has 0 heterocycles. The number of anilines is 1. The number of sulfonamides is 1. The predicted molar refractivity (Wildman–Crippen MR) is 81.5 cm³/mol. The van der Waals surface area contributed by atoms with Crippen molar-refractivity contribution in [2.24, 2.45) is 0 Å². The van der Waals surface area contributed by atoms with Gasteiger partial charge in [0, 0.05) is 10.6 Å². The molecule has 0 aliphatic carbocycles. The Balaban J connectivity index is 2.98. The third-order valence-electron chi connectivity index (χ3n) is 2.32. The van der Waals surface area contributed by atoms with Crippen LogP contribution in [-0.2, 0) is 14.8 Å². The summed E-state index contributed by atoms with van der Waals surface area (Å²) in [6.07, 6.45) is 1.06. The van der Waals surface area contributed by atoms with Gasteiger partial charge in [0.15, 0.2) is 0 Å². The van der Waals surface area contributed by atoms with Crippen LogP contribution in [-0.4, -0.2) is 32.7 Å². The van der Waals surface area contributed by atoms with E-state index in [1.165, 1.54) is 0 Å². The highest BCUT2D eigenvalue weighted by Gasteiger charge is 2.23. The van der Waals surface area contributed by atoms with Gasteiger partial charge in [0.1, 0.15) is 6.54 Å². The summed E-state index contributed by atoms with van der Waals surface area (Å²) in [5.74, 6) is -0.363. The molecule has 5 nitrogen and oxygen atoms in total. The fourth-order valence-corrected chi connectivity index (χ4v) is 2.58. The summed E-state index contributed by atoms with van der Waals surface area (Å²) >= 11 is 5.78. The van der Waals surface area contributed by atoms with Gasteiger partial charge in [0.2, 0.25) is 15.9 Å². The number of carbonyl (C=O) groups excluding carboxylic acids is 1. The maximum Gasteiger partial charge on any atom is 0.241 e. The molecule has 1 aromatic carbocycles. The smallest absolute Gasteiger partial charge is 0.241 e. The number of hydrogen-bond donors (Lipinski definition) is 1. The molecule has 0 saturated carbocycles. The zero-order valence-corrected chi connectivity index (χ0v) is 13.5. The Morgan fingerprint density at radius 3 is 2.15 bits per heavy atom. The molecule has 0 aromatic heterocycles. The van der Waals surface area contributed by atoms with Crippen molar-refractivity contribution in [1.29, 1.82) is 0 Å². The monoisotopic (exact) mass is 318 g/mol. The minimum absolute atomic E-state index is 0.266. The van der Waals surface area contributed by atoms with Gasteiger partial charge in [-0.25, -0.2) is 8.42 Å². The lowest BCUT2D eigenvalue weighted by Gasteiger charge is -2.25. The van der Waals surface area contributed by atoms with Crippen LogP contribution in [0.2, 0.25) is 5.02 Å². The van der Waals surface area contributed by atoms with Crippen molar-refractivity contribution in [3.8, 4) is 0 Å². The van der Waals surface area contributed by atoms with Crippen LogP contribution in [0.5, 0.6) is 0 Å². The van der Waals surface area contributed by atoms with Crippen LogP contribution in [0.3, 0.4) is 0 Å². The van der Waals surface area contributed by atoms with Crippen LogP contribution >= 0.6 is 11.6 Å². The van der Waals surface area contributed by atoms with E-state index in [-0.39, 0.29) is 12.5 Å². The van der Waals surface area contributed by atoms with Crippen LogP contribution in [0.1, 0.15) is 20.8 Å². The minimum atomic E-state index is -3.55. The normalized spacial score (nSPS) is 12.1. The van der Waals surface area contributed by atoms with Crippen LogP contribution in [0.4, 0.5) is 5.69 Å². The molecule has 1 amide bonds. The third kappa shape index (κ3) is 5.38. The molecule has 1 rings (SSSR count). The summed E-state index contributed by atoms with van der Waals surface area (Å²) in [5, 5.41) is 3.23. The second-order valence-corrected chi connectivity index (χ2v) is 7.89. The lowest BCUT2D eigenvalue weighted by Crippen LogP contribution is -2.47. The maximum atomic E-state index is 11.9. The molecule has 0 fully saturated rings. The number of amides is 1. The first-order chi connectivity index (χ1) is 8.99. The van der Waals surface area contributed by atoms with Crippen molar-refractivity contribution in [3.63, 3.8) is 0 Å². The summed E-state index contributed by atoms with van der Waals surface area (Å²) in [4.78, 5) is 11.9. The average Bonchev–Trinajstić information content (AvgIpc) is 2.23. The van der Waals surface area contributed by atoms with E-state index in [1.54, 1.807) is 24.3 Å². The predicted octanol–water partition coefficient (Wildman–Crippen LogP) is 2.02. The molecule has 0 unspecified atom stereocenters. The molecular weight excluding hydrogens is 300 g/mol. The molecule has 0 bridgehead atoms. The number of carbonyl (C=O) groups is 1. The first-order valence-electron chi connectivity index (χ1n) is 6.03. The van der Waals surface area contributed by atoms with E-state index in [9.17, 15) is 13.2 Å². The van der Waals surface area contributed by atoms with Gasteiger partial charge in [0.25, 0.3) is 0 Å². The van der Waals surface area contributed by atoms with E-state index in [1.807, 2.05) is 20.8 Å². The maximum absolute atomic E-state index is 11.9. The zero-order chi connectivity index (χ0) is 15.6. The second kappa shape index (κ2) is 6.01. The molecule has 20 heavy (non-hydrogen) atoms. The molecule has 0 atom stereocenters. The largest absolute Gasteiger partial charge is 0.350 e. The Kier molecular flexibility index (Phi) is 5.05. The van der Waals surface area contributed by atoms with Gasteiger partial charge in [-0.1, -0.05) is 11.6 Å². The fourth-order valence-electron chi connectivity index (χ4n) is 1.60. The fraction of sp³-hybridized carbons (Fsp3) is 0.462. The average molecular weight is 319 g/mol. The van der Waals surface area contributed by atoms with E-state index >= 15 is 0 Å². The molecule has 0 aliphatic heterocycles. The summed E-state index contributed by atoms with van der Waals surface area (Å²) in [6.45, 7) is 5.23. The molecule has 7 heteroatoms. The Labute approximate surface area is 125 Å². The Morgan fingerprint density at radius 2 is 1.75 bits per heavy atom. The Morgan fingerprint density at radius 1 is 1.25 bits per heavy atom. The first kappa shape index (κ1) is 16.8. The number of nitrogens with zero attached hydrogens (tertiary/aromatic N) is 1. The van der Waals surface area contributed by atoms with E-state index in [4.69, 9.17) is 11.6 Å². The molecule has 1 aromatic rings. The SMILES string of the molecule is CC(C)(C)NC(=O)CN(c1ccc(Cl)cc1)S(C)(=O)=O. The lowest BCUT2D eigenvalue weighted by molar-refractivity contribution is -0.121. The number of nitrogens with one attached hydrogen (secondary N) is 1. The van der Waals surface area contributed by atoms with E-state index < -0.39 is 15.6 Å².